The van der Waals surface area contributed by atoms with Gasteiger partial charge in [-0.05, 0) is 42.5 Å². The Balaban J connectivity index is 1.62. The fourth-order valence-corrected chi connectivity index (χ4v) is 4.11. The summed E-state index contributed by atoms with van der Waals surface area (Å²) >= 11 is 10.7. The minimum atomic E-state index is -0.544. The van der Waals surface area contributed by atoms with Crippen molar-refractivity contribution in [2.75, 3.05) is 18.1 Å². The summed E-state index contributed by atoms with van der Waals surface area (Å²) in [6.07, 6.45) is 0.255. The molecule has 0 bridgehead atoms. The predicted octanol–water partition coefficient (Wildman–Crippen LogP) is 5.31. The molecule has 1 aliphatic rings. The van der Waals surface area contributed by atoms with Crippen molar-refractivity contribution in [1.82, 2.24) is 4.90 Å². The quantitative estimate of drug-likeness (QED) is 0.678. The van der Waals surface area contributed by atoms with Crippen molar-refractivity contribution in [1.29, 1.82) is 0 Å². The van der Waals surface area contributed by atoms with E-state index in [1.54, 1.807) is 17.8 Å². The summed E-state index contributed by atoms with van der Waals surface area (Å²) in [5.74, 6) is -0.0337. The summed E-state index contributed by atoms with van der Waals surface area (Å²) in [7, 11) is 1.92. The molecule has 0 radical (unpaired) electrons. The molecule has 1 saturated heterocycles. The smallest absolute Gasteiger partial charge is 0.226 e. The lowest BCUT2D eigenvalue weighted by atomic mass is 10.2. The van der Waals surface area contributed by atoms with Gasteiger partial charge in [0.05, 0.1) is 11.4 Å². The van der Waals surface area contributed by atoms with Crippen LogP contribution in [0.2, 0.25) is 5.02 Å². The topological polar surface area (TPSA) is 44.7 Å². The highest BCUT2D eigenvalue weighted by Crippen LogP contribution is 2.28. The normalized spacial score (nSPS) is 18.4. The summed E-state index contributed by atoms with van der Waals surface area (Å²) in [4.78, 5) is 18.9. The molecule has 3 rings (SSSR count). The average molecular weight is 457 g/mol. The first-order valence-electron chi connectivity index (χ1n) is 7.87. The molecule has 8 heteroatoms. The number of thioether (sulfide) groups is 1. The molecule has 0 aliphatic carbocycles. The summed E-state index contributed by atoms with van der Waals surface area (Å²) in [6, 6.07) is 11.9. The van der Waals surface area contributed by atoms with Crippen LogP contribution < -0.4 is 5.32 Å². The van der Waals surface area contributed by atoms with Crippen molar-refractivity contribution in [3.63, 3.8) is 0 Å². The SMILES string of the molecule is CN1C(=Nc2ccc(Br)cc2)SCC1CC(=O)Nc1ccc(Cl)cc1F. The zero-order valence-electron chi connectivity index (χ0n) is 13.9. The maximum absolute atomic E-state index is 13.8. The molecule has 1 atom stereocenters. The molecule has 0 aromatic heterocycles. The lowest BCUT2D eigenvalue weighted by Gasteiger charge is -2.20. The Kier molecular flexibility index (Phi) is 6.21. The molecule has 1 N–H and O–H groups in total. The van der Waals surface area contributed by atoms with E-state index in [1.165, 1.54) is 12.1 Å². The van der Waals surface area contributed by atoms with Gasteiger partial charge < -0.3 is 10.2 Å². The number of carbonyl (C=O) groups excluding carboxylic acids is 1. The molecular weight excluding hydrogens is 441 g/mol. The fourth-order valence-electron chi connectivity index (χ4n) is 2.48. The van der Waals surface area contributed by atoms with Crippen LogP contribution in [0.4, 0.5) is 15.8 Å². The number of amides is 1. The lowest BCUT2D eigenvalue weighted by molar-refractivity contribution is -0.116. The number of anilines is 1. The number of aliphatic imine (C=N–C) groups is 1. The number of amidine groups is 1. The van der Waals surface area contributed by atoms with E-state index >= 15 is 0 Å². The first kappa shape index (κ1) is 19.2. The number of rotatable bonds is 4. The number of carbonyl (C=O) groups is 1. The van der Waals surface area contributed by atoms with Crippen molar-refractivity contribution in [2.24, 2.45) is 4.99 Å². The number of hydrogen-bond acceptors (Lipinski definition) is 3. The molecule has 4 nitrogen and oxygen atoms in total. The Morgan fingerprint density at radius 1 is 1.38 bits per heavy atom. The van der Waals surface area contributed by atoms with Gasteiger partial charge in [-0.1, -0.05) is 39.3 Å². The highest BCUT2D eigenvalue weighted by molar-refractivity contribution is 9.10. The minimum absolute atomic E-state index is 0.00422. The molecular formula is C18H16BrClFN3OS. The van der Waals surface area contributed by atoms with Crippen LogP contribution in [0, 0.1) is 5.82 Å². The monoisotopic (exact) mass is 455 g/mol. The highest BCUT2D eigenvalue weighted by Gasteiger charge is 2.29. The Morgan fingerprint density at radius 2 is 2.12 bits per heavy atom. The molecule has 136 valence electrons. The summed E-state index contributed by atoms with van der Waals surface area (Å²) in [5.41, 5.74) is 0.993. The van der Waals surface area contributed by atoms with Crippen molar-refractivity contribution < 1.29 is 9.18 Å². The second-order valence-corrected chi connectivity index (χ2v) is 8.16. The molecule has 1 heterocycles. The van der Waals surface area contributed by atoms with Crippen LogP contribution in [0.5, 0.6) is 0 Å². The van der Waals surface area contributed by atoms with Crippen LogP contribution in [0.3, 0.4) is 0 Å². The highest BCUT2D eigenvalue weighted by atomic mass is 79.9. The molecule has 26 heavy (non-hydrogen) atoms. The largest absolute Gasteiger partial charge is 0.350 e. The number of nitrogens with one attached hydrogen (secondary N) is 1. The van der Waals surface area contributed by atoms with E-state index < -0.39 is 5.82 Å². The molecule has 1 amide bonds. The van der Waals surface area contributed by atoms with Gasteiger partial charge in [-0.2, -0.15) is 0 Å². The molecule has 1 aliphatic heterocycles. The first-order valence-corrected chi connectivity index (χ1v) is 10.0. The third kappa shape index (κ3) is 4.78. The average Bonchev–Trinajstić information content (AvgIpc) is 2.93. The van der Waals surface area contributed by atoms with E-state index in [0.717, 1.165) is 21.1 Å². The summed E-state index contributed by atoms with van der Waals surface area (Å²) in [6.45, 7) is 0. The predicted molar refractivity (Wildman–Crippen MR) is 110 cm³/mol. The fraction of sp³-hybridized carbons (Fsp3) is 0.222. The third-order valence-electron chi connectivity index (χ3n) is 3.93. The molecule has 2 aromatic carbocycles. The zero-order chi connectivity index (χ0) is 18.7. The van der Waals surface area contributed by atoms with Gasteiger partial charge in [0.1, 0.15) is 5.82 Å². The van der Waals surface area contributed by atoms with E-state index in [9.17, 15) is 9.18 Å². The van der Waals surface area contributed by atoms with Crippen molar-refractivity contribution in [3.05, 3.63) is 57.8 Å². The van der Waals surface area contributed by atoms with Crippen molar-refractivity contribution in [3.8, 4) is 0 Å². The number of halogens is 3. The van der Waals surface area contributed by atoms with Gasteiger partial charge >= 0.3 is 0 Å². The lowest BCUT2D eigenvalue weighted by Crippen LogP contribution is -2.33. The van der Waals surface area contributed by atoms with Gasteiger partial charge in [-0.3, -0.25) is 4.79 Å². The Morgan fingerprint density at radius 3 is 2.81 bits per heavy atom. The second-order valence-electron chi connectivity index (χ2n) is 5.82. The molecule has 2 aromatic rings. The number of nitrogens with zero attached hydrogens (tertiary/aromatic N) is 2. The van der Waals surface area contributed by atoms with Gasteiger partial charge in [0.25, 0.3) is 0 Å². The Labute approximate surface area is 168 Å². The maximum Gasteiger partial charge on any atom is 0.226 e. The van der Waals surface area contributed by atoms with E-state index in [1.807, 2.05) is 36.2 Å². The van der Waals surface area contributed by atoms with Crippen LogP contribution in [-0.4, -0.2) is 34.8 Å². The standard InChI is InChI=1S/C18H16BrClFN3OS/c1-24-14(9-17(25)23-16-7-4-12(20)8-15(16)21)10-26-18(24)22-13-5-2-11(19)3-6-13/h2-8,14H,9-10H2,1H3,(H,23,25). The zero-order valence-corrected chi connectivity index (χ0v) is 17.0. The molecule has 1 fully saturated rings. The number of hydrogen-bond donors (Lipinski definition) is 1. The minimum Gasteiger partial charge on any atom is -0.350 e. The van der Waals surface area contributed by atoms with E-state index in [4.69, 9.17) is 11.6 Å². The third-order valence-corrected chi connectivity index (χ3v) is 5.88. The van der Waals surface area contributed by atoms with Crippen LogP contribution in [-0.2, 0) is 4.79 Å². The first-order chi connectivity index (χ1) is 12.4. The van der Waals surface area contributed by atoms with Crippen LogP contribution in [0.25, 0.3) is 0 Å². The van der Waals surface area contributed by atoms with Crippen LogP contribution >= 0.6 is 39.3 Å². The second kappa shape index (κ2) is 8.41. The van der Waals surface area contributed by atoms with Gasteiger partial charge in [0.2, 0.25) is 5.91 Å². The molecule has 0 spiro atoms. The Hall–Kier alpha value is -1.57. The summed E-state index contributed by atoms with van der Waals surface area (Å²) in [5, 5.41) is 3.76. The van der Waals surface area contributed by atoms with Crippen LogP contribution in [0.15, 0.2) is 51.9 Å². The Bertz CT molecular complexity index is 847. The van der Waals surface area contributed by atoms with Crippen LogP contribution in [0.1, 0.15) is 6.42 Å². The van der Waals surface area contributed by atoms with Crippen molar-refractivity contribution >= 4 is 61.7 Å². The van der Waals surface area contributed by atoms with Gasteiger partial charge in [-0.15, -0.1) is 0 Å². The van der Waals surface area contributed by atoms with E-state index in [-0.39, 0.29) is 24.1 Å². The van der Waals surface area contributed by atoms with E-state index in [0.29, 0.717) is 5.02 Å². The van der Waals surface area contributed by atoms with Gasteiger partial charge in [0, 0.05) is 34.8 Å². The number of benzene rings is 2. The van der Waals surface area contributed by atoms with E-state index in [2.05, 4.69) is 26.2 Å². The van der Waals surface area contributed by atoms with Gasteiger partial charge in [-0.25, -0.2) is 9.38 Å². The van der Waals surface area contributed by atoms with Gasteiger partial charge in [0.15, 0.2) is 5.17 Å². The van der Waals surface area contributed by atoms with Crippen molar-refractivity contribution in [2.45, 2.75) is 12.5 Å². The maximum atomic E-state index is 13.8. The molecule has 0 saturated carbocycles. The molecule has 1 unspecified atom stereocenters. The summed E-state index contributed by atoms with van der Waals surface area (Å²) < 4.78 is 14.8.